The van der Waals surface area contributed by atoms with Gasteiger partial charge in [0.25, 0.3) is 0 Å². The zero-order valence-corrected chi connectivity index (χ0v) is 18.4. The number of para-hydroxylation sites is 1. The number of nitrogens with zero attached hydrogens (tertiary/aromatic N) is 4. The molecule has 1 aromatic heterocycles. The van der Waals surface area contributed by atoms with Gasteiger partial charge in [-0.3, -0.25) is 4.98 Å². The first-order valence-electron chi connectivity index (χ1n) is 10.2. The summed E-state index contributed by atoms with van der Waals surface area (Å²) in [6.45, 7) is 8.43. The molecule has 0 N–H and O–H groups in total. The van der Waals surface area contributed by atoms with Crippen LogP contribution in [0.4, 0.5) is 5.69 Å². The molecule has 2 heterocycles. The van der Waals surface area contributed by atoms with E-state index in [9.17, 15) is 0 Å². The van der Waals surface area contributed by atoms with Gasteiger partial charge in [-0.2, -0.15) is 5.26 Å². The van der Waals surface area contributed by atoms with Crippen molar-refractivity contribution in [2.45, 2.75) is 19.1 Å². The Morgan fingerprint density at radius 2 is 1.80 bits per heavy atom. The third-order valence-electron chi connectivity index (χ3n) is 5.30. The summed E-state index contributed by atoms with van der Waals surface area (Å²) < 4.78 is 8.34. The third-order valence-corrected chi connectivity index (χ3v) is 6.38. The number of hydrogen-bond donors (Lipinski definition) is 0. The minimum absolute atomic E-state index is 0.606. The van der Waals surface area contributed by atoms with Crippen LogP contribution in [0.1, 0.15) is 19.4 Å². The number of nitriles is 1. The van der Waals surface area contributed by atoms with Gasteiger partial charge in [0.2, 0.25) is 0 Å². The molecule has 0 saturated carbocycles. The van der Waals surface area contributed by atoms with Gasteiger partial charge in [0.15, 0.2) is 5.75 Å². The molecule has 4 rings (SSSR count). The Morgan fingerprint density at radius 3 is 2.43 bits per heavy atom. The highest BCUT2D eigenvalue weighted by molar-refractivity contribution is 7.97. The van der Waals surface area contributed by atoms with Crippen LogP contribution in [0.15, 0.2) is 48.7 Å². The molecule has 0 aliphatic carbocycles. The lowest BCUT2D eigenvalue weighted by molar-refractivity contribution is 0.405. The van der Waals surface area contributed by atoms with Gasteiger partial charge in [0.1, 0.15) is 0 Å². The molecule has 2 aromatic carbocycles. The van der Waals surface area contributed by atoms with Crippen LogP contribution in [0.3, 0.4) is 0 Å². The van der Waals surface area contributed by atoms with Crippen molar-refractivity contribution in [3.8, 4) is 22.9 Å². The zero-order chi connectivity index (χ0) is 21.1. The minimum Gasteiger partial charge on any atom is -0.494 e. The molecule has 1 aliphatic rings. The van der Waals surface area contributed by atoms with Crippen molar-refractivity contribution in [1.82, 2.24) is 9.29 Å². The fourth-order valence-electron chi connectivity index (χ4n) is 3.92. The molecule has 1 aliphatic heterocycles. The first kappa shape index (κ1) is 20.5. The Morgan fingerprint density at radius 1 is 1.07 bits per heavy atom. The minimum atomic E-state index is 0.606. The average molecular weight is 419 g/mol. The van der Waals surface area contributed by atoms with Crippen molar-refractivity contribution >= 4 is 28.5 Å². The Balaban J connectivity index is 1.68. The van der Waals surface area contributed by atoms with Crippen LogP contribution in [0.2, 0.25) is 0 Å². The van der Waals surface area contributed by atoms with Crippen molar-refractivity contribution in [3.05, 3.63) is 54.2 Å². The number of pyridine rings is 1. The van der Waals surface area contributed by atoms with E-state index in [0.29, 0.717) is 10.8 Å². The lowest BCUT2D eigenvalue weighted by Crippen LogP contribution is -2.44. The van der Waals surface area contributed by atoms with Crippen LogP contribution in [0.25, 0.3) is 22.0 Å². The van der Waals surface area contributed by atoms with E-state index in [1.807, 2.05) is 48.5 Å². The normalized spacial score (nSPS) is 14.8. The molecule has 5 nitrogen and oxygen atoms in total. The third kappa shape index (κ3) is 4.09. The zero-order valence-electron chi connectivity index (χ0n) is 17.6. The number of fused-ring (bicyclic) bond motifs is 1. The quantitative estimate of drug-likeness (QED) is 0.546. The Labute approximate surface area is 182 Å². The van der Waals surface area contributed by atoms with E-state index < -0.39 is 0 Å². The lowest BCUT2D eigenvalue weighted by atomic mass is 10.00. The monoisotopic (exact) mass is 418 g/mol. The number of hydrogen-bond acceptors (Lipinski definition) is 6. The number of aromatic nitrogens is 1. The van der Waals surface area contributed by atoms with Crippen molar-refractivity contribution in [1.29, 1.82) is 5.26 Å². The summed E-state index contributed by atoms with van der Waals surface area (Å²) in [7, 11) is 1.73. The van der Waals surface area contributed by atoms with Gasteiger partial charge in [0, 0.05) is 42.4 Å². The molecule has 1 fully saturated rings. The summed E-state index contributed by atoms with van der Waals surface area (Å²) in [4.78, 5) is 7.22. The first-order valence-corrected chi connectivity index (χ1v) is 11.1. The molecule has 0 radical (unpaired) electrons. The largest absolute Gasteiger partial charge is 0.494 e. The first-order chi connectivity index (χ1) is 14.6. The van der Waals surface area contributed by atoms with Gasteiger partial charge >= 0.3 is 0 Å². The molecule has 0 atom stereocenters. The van der Waals surface area contributed by atoms with Gasteiger partial charge in [-0.05, 0) is 23.8 Å². The van der Waals surface area contributed by atoms with E-state index in [1.54, 1.807) is 7.11 Å². The van der Waals surface area contributed by atoms with Crippen LogP contribution in [-0.4, -0.2) is 47.8 Å². The molecule has 3 aromatic rings. The molecule has 154 valence electrons. The summed E-state index contributed by atoms with van der Waals surface area (Å²) >= 11 is 1.93. The van der Waals surface area contributed by atoms with Gasteiger partial charge in [-0.25, -0.2) is 4.31 Å². The Bertz CT molecular complexity index is 1070. The molecule has 0 unspecified atom stereocenters. The number of rotatable bonds is 5. The van der Waals surface area contributed by atoms with Crippen molar-refractivity contribution in [3.63, 3.8) is 0 Å². The second-order valence-electron chi connectivity index (χ2n) is 7.64. The topological polar surface area (TPSA) is 52.4 Å². The van der Waals surface area contributed by atoms with Crippen molar-refractivity contribution in [2.24, 2.45) is 0 Å². The number of ether oxygens (including phenoxy) is 1. The maximum absolute atomic E-state index is 9.06. The predicted molar refractivity (Wildman–Crippen MR) is 125 cm³/mol. The summed E-state index contributed by atoms with van der Waals surface area (Å²) in [5, 5.41) is 10.7. The molecule has 6 heteroatoms. The number of piperazine rings is 1. The fourth-order valence-corrected chi connectivity index (χ4v) is 4.89. The van der Waals surface area contributed by atoms with Gasteiger partial charge in [-0.15, -0.1) is 0 Å². The predicted octanol–water partition coefficient (Wildman–Crippen LogP) is 4.96. The van der Waals surface area contributed by atoms with Crippen molar-refractivity contribution < 1.29 is 4.74 Å². The molecule has 0 spiro atoms. The van der Waals surface area contributed by atoms with Crippen LogP contribution in [-0.2, 0) is 0 Å². The van der Waals surface area contributed by atoms with E-state index in [4.69, 9.17) is 15.0 Å². The Hall–Kier alpha value is -2.75. The second-order valence-corrected chi connectivity index (χ2v) is 9.31. The average Bonchev–Trinajstić information content (AvgIpc) is 2.78. The molecule has 0 bridgehead atoms. The number of anilines is 1. The van der Waals surface area contributed by atoms with Gasteiger partial charge in [0.05, 0.1) is 36.1 Å². The highest BCUT2D eigenvalue weighted by atomic mass is 32.2. The number of methoxy groups -OCH3 is 1. The summed E-state index contributed by atoms with van der Waals surface area (Å²) in [5.74, 6) is 0.875. The SMILES string of the molecule is COc1c(N2CCN(SC(C)C)CC2)cnc2c(-c3ccc(C#N)cc3)cccc12. The highest BCUT2D eigenvalue weighted by Gasteiger charge is 2.23. The summed E-state index contributed by atoms with van der Waals surface area (Å²) in [5.41, 5.74) is 4.70. The van der Waals surface area contributed by atoms with E-state index in [2.05, 4.69) is 41.3 Å². The molecular weight excluding hydrogens is 392 g/mol. The molecular formula is C24H26N4OS. The van der Waals surface area contributed by atoms with E-state index in [1.165, 1.54) is 0 Å². The summed E-state index contributed by atoms with van der Waals surface area (Å²) in [6.07, 6.45) is 1.94. The molecule has 30 heavy (non-hydrogen) atoms. The van der Waals surface area contributed by atoms with E-state index >= 15 is 0 Å². The van der Waals surface area contributed by atoms with Crippen LogP contribution in [0, 0.1) is 11.3 Å². The van der Waals surface area contributed by atoms with Crippen LogP contribution < -0.4 is 9.64 Å². The van der Waals surface area contributed by atoms with E-state index in [0.717, 1.165) is 59.6 Å². The van der Waals surface area contributed by atoms with Crippen molar-refractivity contribution in [2.75, 3.05) is 38.2 Å². The highest BCUT2D eigenvalue weighted by Crippen LogP contribution is 2.39. The standard InChI is InChI=1S/C24H26N4OS/c1-17(2)30-28-13-11-27(12-14-28)22-16-26-23-20(5-4-6-21(23)24(22)29-3)19-9-7-18(15-25)8-10-19/h4-10,16-17H,11-14H2,1-3H3. The smallest absolute Gasteiger partial charge is 0.153 e. The van der Waals surface area contributed by atoms with Gasteiger partial charge < -0.3 is 9.64 Å². The van der Waals surface area contributed by atoms with Crippen LogP contribution >= 0.6 is 11.9 Å². The lowest BCUT2D eigenvalue weighted by Gasteiger charge is -2.36. The number of benzene rings is 2. The Kier molecular flexibility index (Phi) is 6.12. The molecule has 0 amide bonds. The fraction of sp³-hybridized carbons (Fsp3) is 0.333. The summed E-state index contributed by atoms with van der Waals surface area (Å²) in [6, 6.07) is 16.0. The van der Waals surface area contributed by atoms with E-state index in [-0.39, 0.29) is 0 Å². The van der Waals surface area contributed by atoms with Crippen LogP contribution in [0.5, 0.6) is 5.75 Å². The maximum Gasteiger partial charge on any atom is 0.153 e. The molecule has 1 saturated heterocycles. The maximum atomic E-state index is 9.06. The second kappa shape index (κ2) is 8.95. The van der Waals surface area contributed by atoms with Gasteiger partial charge in [-0.1, -0.05) is 50.1 Å².